The Morgan fingerprint density at radius 3 is 1.56 bits per heavy atom. The van der Waals surface area contributed by atoms with Gasteiger partial charge in [0.05, 0.1) is 0 Å². The fraction of sp³-hybridized carbons (Fsp3) is 0.516. The molecule has 2 rings (SSSR count). The van der Waals surface area contributed by atoms with Gasteiger partial charge in [-0.3, -0.25) is 4.90 Å². The molecule has 12 nitrogen and oxygen atoms in total. The largest absolute Gasteiger partial charge is 0.510 e. The van der Waals surface area contributed by atoms with Crippen molar-refractivity contribution in [3.05, 3.63) is 48.5 Å². The second-order valence-electron chi connectivity index (χ2n) is 12.8. The number of hydrogen-bond acceptors (Lipinski definition) is 11. The van der Waals surface area contributed by atoms with Crippen molar-refractivity contribution < 1.29 is 38.1 Å². The van der Waals surface area contributed by atoms with Crippen molar-refractivity contribution >= 4 is 41.2 Å². The number of carbonyl (C=O) groups excluding carboxylic acids is 3. The maximum Gasteiger partial charge on any atom is 0.510 e. The number of nitrogens with two attached hydrogens (primary N) is 2. The summed E-state index contributed by atoms with van der Waals surface area (Å²) >= 11 is 0. The Kier molecular flexibility index (Phi) is 11.5. The normalized spacial score (nSPS) is 12.5. The summed E-state index contributed by atoms with van der Waals surface area (Å²) in [6.07, 6.45) is -3.70. The van der Waals surface area contributed by atoms with E-state index in [2.05, 4.69) is 0 Å². The number of carbonyl (C=O) groups is 3. The minimum atomic E-state index is -1.18. The number of nitrogens with zero attached hydrogens (tertiary/aromatic N) is 2. The minimum Gasteiger partial charge on any atom is -0.443 e. The lowest BCUT2D eigenvalue weighted by atomic mass is 10.2. The molecule has 1 amide bonds. The smallest absolute Gasteiger partial charge is 0.443 e. The Morgan fingerprint density at radius 2 is 1.09 bits per heavy atom. The SMILES string of the molecule is CC(C)(C)OC(=O)OCC(OC(=O)OC(C)(C)C)N(CCN(C(=O)OC(C)(C)C)c1ccc(N)cc1)c1ccc(N)cc1. The fourth-order valence-corrected chi connectivity index (χ4v) is 3.60. The van der Waals surface area contributed by atoms with Crippen LogP contribution < -0.4 is 21.3 Å². The molecule has 12 heteroatoms. The summed E-state index contributed by atoms with van der Waals surface area (Å²) in [6, 6.07) is 13.5. The van der Waals surface area contributed by atoms with Gasteiger partial charge in [-0.25, -0.2) is 14.4 Å². The van der Waals surface area contributed by atoms with E-state index in [1.807, 2.05) is 0 Å². The van der Waals surface area contributed by atoms with Crippen molar-refractivity contribution in [1.82, 2.24) is 0 Å². The number of benzene rings is 2. The summed E-state index contributed by atoms with van der Waals surface area (Å²) in [5, 5.41) is 0. The van der Waals surface area contributed by atoms with Crippen molar-refractivity contribution in [2.24, 2.45) is 0 Å². The summed E-state index contributed by atoms with van der Waals surface area (Å²) in [7, 11) is 0. The molecule has 0 saturated heterocycles. The number of anilines is 4. The van der Waals surface area contributed by atoms with Gasteiger partial charge in [0.1, 0.15) is 16.8 Å². The highest BCUT2D eigenvalue weighted by atomic mass is 16.8. The van der Waals surface area contributed by atoms with Crippen molar-refractivity contribution in [2.75, 3.05) is 41.0 Å². The first-order valence-corrected chi connectivity index (χ1v) is 14.0. The van der Waals surface area contributed by atoms with Gasteiger partial charge in [-0.15, -0.1) is 0 Å². The van der Waals surface area contributed by atoms with Crippen molar-refractivity contribution in [3.8, 4) is 0 Å². The monoisotopic (exact) mass is 602 g/mol. The highest BCUT2D eigenvalue weighted by Crippen LogP contribution is 2.24. The molecule has 0 aliphatic carbocycles. The van der Waals surface area contributed by atoms with E-state index in [1.54, 1.807) is 116 Å². The maximum atomic E-state index is 13.3. The molecule has 0 radical (unpaired) electrons. The Morgan fingerprint density at radius 1 is 0.651 bits per heavy atom. The molecular weight excluding hydrogens is 556 g/mol. The van der Waals surface area contributed by atoms with E-state index in [0.29, 0.717) is 22.7 Å². The first-order valence-electron chi connectivity index (χ1n) is 14.0. The molecule has 1 atom stereocenters. The highest BCUT2D eigenvalue weighted by molar-refractivity contribution is 5.88. The molecule has 2 aromatic rings. The van der Waals surface area contributed by atoms with Gasteiger partial charge < -0.3 is 40.1 Å². The maximum absolute atomic E-state index is 13.3. The third-order valence-corrected chi connectivity index (χ3v) is 5.31. The van der Waals surface area contributed by atoms with E-state index in [9.17, 15) is 14.4 Å². The van der Waals surface area contributed by atoms with Crippen LogP contribution in [-0.2, 0) is 23.7 Å². The summed E-state index contributed by atoms with van der Waals surface area (Å²) in [6.45, 7) is 15.3. The van der Waals surface area contributed by atoms with Gasteiger partial charge in [0.25, 0.3) is 0 Å². The van der Waals surface area contributed by atoms with Crippen molar-refractivity contribution in [2.45, 2.75) is 85.3 Å². The number of ether oxygens (including phenoxy) is 5. The summed E-state index contributed by atoms with van der Waals surface area (Å²) in [5.74, 6) is 0. The number of hydrogen-bond donors (Lipinski definition) is 2. The van der Waals surface area contributed by atoms with Crippen LogP contribution >= 0.6 is 0 Å². The third-order valence-electron chi connectivity index (χ3n) is 5.31. The molecule has 0 spiro atoms. The molecule has 2 aromatic carbocycles. The van der Waals surface area contributed by atoms with Crippen LogP contribution in [0.1, 0.15) is 62.3 Å². The van der Waals surface area contributed by atoms with Gasteiger partial charge in [0.2, 0.25) is 6.23 Å². The second kappa shape index (κ2) is 14.2. The quantitative estimate of drug-likeness (QED) is 0.143. The van der Waals surface area contributed by atoms with Gasteiger partial charge in [-0.2, -0.15) is 0 Å². The Balaban J connectivity index is 2.48. The molecule has 0 aromatic heterocycles. The molecule has 238 valence electrons. The predicted octanol–water partition coefficient (Wildman–Crippen LogP) is 6.33. The molecule has 0 saturated carbocycles. The standard InChI is InChI=1S/C31H46N4O8/c1-29(2,3)41-26(36)35(24-16-12-22(33)13-17-24)19-18-34(23-14-10-21(32)11-15-23)25(40-28(38)43-31(7,8)9)20-39-27(37)42-30(4,5)6/h10-17,25H,18-20,32-33H2,1-9H3. The zero-order valence-corrected chi connectivity index (χ0v) is 26.6. The van der Waals surface area contributed by atoms with E-state index in [-0.39, 0.29) is 13.1 Å². The predicted molar refractivity (Wildman–Crippen MR) is 166 cm³/mol. The van der Waals surface area contributed by atoms with Crippen LogP contribution in [0.25, 0.3) is 0 Å². The van der Waals surface area contributed by atoms with E-state index in [1.165, 1.54) is 4.90 Å². The van der Waals surface area contributed by atoms with Crippen LogP contribution in [-0.4, -0.2) is 61.1 Å². The summed E-state index contributed by atoms with van der Waals surface area (Å²) < 4.78 is 27.4. The Hall–Kier alpha value is -4.35. The van der Waals surface area contributed by atoms with Crippen LogP contribution in [0, 0.1) is 0 Å². The lowest BCUT2D eigenvalue weighted by Crippen LogP contribution is -2.48. The first kappa shape index (κ1) is 34.8. The number of rotatable bonds is 9. The van der Waals surface area contributed by atoms with E-state index in [0.717, 1.165) is 0 Å². The van der Waals surface area contributed by atoms with Crippen molar-refractivity contribution in [3.63, 3.8) is 0 Å². The average molecular weight is 603 g/mol. The van der Waals surface area contributed by atoms with Gasteiger partial charge in [-0.1, -0.05) is 0 Å². The average Bonchev–Trinajstić information content (AvgIpc) is 2.83. The molecule has 0 fully saturated rings. The van der Waals surface area contributed by atoms with Crippen molar-refractivity contribution in [1.29, 1.82) is 0 Å². The van der Waals surface area contributed by atoms with Gasteiger partial charge in [0.15, 0.2) is 6.61 Å². The molecule has 0 aliphatic heterocycles. The minimum absolute atomic E-state index is 0.0732. The zero-order valence-electron chi connectivity index (χ0n) is 26.6. The van der Waals surface area contributed by atoms with E-state index in [4.69, 9.17) is 35.2 Å². The van der Waals surface area contributed by atoms with E-state index < -0.39 is 48.0 Å². The summed E-state index contributed by atoms with van der Waals surface area (Å²) in [5.41, 5.74) is 11.5. The van der Waals surface area contributed by atoms with Crippen LogP contribution in [0.5, 0.6) is 0 Å². The molecular formula is C31H46N4O8. The number of nitrogen functional groups attached to an aromatic ring is 2. The Bertz CT molecular complexity index is 1210. The molecule has 0 bridgehead atoms. The molecule has 0 aliphatic rings. The fourth-order valence-electron chi connectivity index (χ4n) is 3.60. The first-order chi connectivity index (χ1) is 19.7. The topological polar surface area (TPSA) is 156 Å². The molecule has 0 heterocycles. The highest BCUT2D eigenvalue weighted by Gasteiger charge is 2.31. The molecule has 1 unspecified atom stereocenters. The number of amides is 1. The van der Waals surface area contributed by atoms with Crippen LogP contribution in [0.3, 0.4) is 0 Å². The second-order valence-corrected chi connectivity index (χ2v) is 12.8. The van der Waals surface area contributed by atoms with Crippen LogP contribution in [0.2, 0.25) is 0 Å². The molecule has 4 N–H and O–H groups in total. The van der Waals surface area contributed by atoms with Gasteiger partial charge in [0, 0.05) is 35.8 Å². The third kappa shape index (κ3) is 13.0. The summed E-state index contributed by atoms with van der Waals surface area (Å²) in [4.78, 5) is 41.7. The Labute approximate surface area is 254 Å². The van der Waals surface area contributed by atoms with Crippen LogP contribution in [0.15, 0.2) is 48.5 Å². The van der Waals surface area contributed by atoms with Gasteiger partial charge >= 0.3 is 18.4 Å². The lowest BCUT2D eigenvalue weighted by Gasteiger charge is -2.35. The zero-order chi connectivity index (χ0) is 32.6. The van der Waals surface area contributed by atoms with Crippen LogP contribution in [0.4, 0.5) is 37.1 Å². The van der Waals surface area contributed by atoms with Gasteiger partial charge in [-0.05, 0) is 111 Å². The van der Waals surface area contributed by atoms with E-state index >= 15 is 0 Å². The molecule has 43 heavy (non-hydrogen) atoms. The lowest BCUT2D eigenvalue weighted by molar-refractivity contribution is -0.0558.